The topological polar surface area (TPSA) is 0 Å². The molecule has 0 aromatic heterocycles. The quantitative estimate of drug-likeness (QED) is 0.367. The van der Waals surface area contributed by atoms with Gasteiger partial charge in [-0.1, -0.05) is 58.3 Å². The Labute approximate surface area is 107 Å². The zero-order chi connectivity index (χ0) is 11.4. The Balaban J connectivity index is 2.98. The van der Waals surface area contributed by atoms with E-state index in [1.165, 1.54) is 57.8 Å². The van der Waals surface area contributed by atoms with Crippen molar-refractivity contribution in [1.82, 2.24) is 0 Å². The molecule has 0 aliphatic carbocycles. The second-order valence-electron chi connectivity index (χ2n) is 4.43. The van der Waals surface area contributed by atoms with Crippen LogP contribution in [0.3, 0.4) is 0 Å². The first-order valence-electron chi connectivity index (χ1n) is 6.60. The number of thiol groups is 2. The van der Waals surface area contributed by atoms with E-state index in [0.717, 1.165) is 12.2 Å². The lowest BCUT2D eigenvalue weighted by Gasteiger charge is -2.08. The van der Waals surface area contributed by atoms with Crippen molar-refractivity contribution in [2.24, 2.45) is 0 Å². The smallest absolute Gasteiger partial charge is 0.00245 e. The van der Waals surface area contributed by atoms with Gasteiger partial charge in [0.25, 0.3) is 0 Å². The molecular formula is C13H28S2. The van der Waals surface area contributed by atoms with Gasteiger partial charge in [-0.3, -0.25) is 0 Å². The van der Waals surface area contributed by atoms with Crippen LogP contribution in [0.2, 0.25) is 0 Å². The molecule has 0 aliphatic heterocycles. The molecule has 0 aromatic rings. The van der Waals surface area contributed by atoms with Gasteiger partial charge in [0.1, 0.15) is 0 Å². The fraction of sp³-hybridized carbons (Fsp3) is 1.00. The largest absolute Gasteiger partial charge is 0.179 e. The van der Waals surface area contributed by atoms with E-state index in [9.17, 15) is 0 Å². The third-order valence-electron chi connectivity index (χ3n) is 2.85. The van der Waals surface area contributed by atoms with Crippen LogP contribution in [0.4, 0.5) is 0 Å². The highest BCUT2D eigenvalue weighted by atomic mass is 32.1. The highest BCUT2D eigenvalue weighted by Gasteiger charge is 2.00. The van der Waals surface area contributed by atoms with Gasteiger partial charge in [-0.05, 0) is 18.6 Å². The van der Waals surface area contributed by atoms with Crippen LogP contribution in [-0.2, 0) is 0 Å². The summed E-state index contributed by atoms with van der Waals surface area (Å²) < 4.78 is 0. The number of unbranched alkanes of at least 4 members (excludes halogenated alkanes) is 7. The van der Waals surface area contributed by atoms with E-state index in [4.69, 9.17) is 0 Å². The molecule has 0 nitrogen and oxygen atoms in total. The summed E-state index contributed by atoms with van der Waals surface area (Å²) in [7, 11) is 0. The Morgan fingerprint density at radius 1 is 0.800 bits per heavy atom. The fourth-order valence-corrected chi connectivity index (χ4v) is 2.63. The Morgan fingerprint density at radius 2 is 1.33 bits per heavy atom. The average Bonchev–Trinajstić information content (AvgIpc) is 2.22. The lowest BCUT2D eigenvalue weighted by molar-refractivity contribution is 0.559. The summed E-state index contributed by atoms with van der Waals surface area (Å²) in [6.07, 6.45) is 13.7. The molecular weight excluding hydrogens is 220 g/mol. The molecule has 0 amide bonds. The summed E-state index contributed by atoms with van der Waals surface area (Å²) in [4.78, 5) is 0. The molecule has 1 unspecified atom stereocenters. The molecule has 1 atom stereocenters. The molecule has 0 bridgehead atoms. The van der Waals surface area contributed by atoms with E-state index >= 15 is 0 Å². The highest BCUT2D eigenvalue weighted by molar-refractivity contribution is 7.81. The lowest BCUT2D eigenvalue weighted by Crippen LogP contribution is -1.99. The van der Waals surface area contributed by atoms with Gasteiger partial charge in [0.15, 0.2) is 0 Å². The second-order valence-corrected chi connectivity index (χ2v) is 5.61. The Kier molecular flexibility index (Phi) is 13.4. The van der Waals surface area contributed by atoms with Crippen molar-refractivity contribution in [1.29, 1.82) is 0 Å². The normalized spacial score (nSPS) is 13.0. The van der Waals surface area contributed by atoms with E-state index in [1.54, 1.807) is 0 Å². The fourth-order valence-electron chi connectivity index (χ4n) is 1.81. The van der Waals surface area contributed by atoms with Gasteiger partial charge in [-0.25, -0.2) is 0 Å². The molecule has 0 N–H and O–H groups in total. The monoisotopic (exact) mass is 248 g/mol. The summed E-state index contributed by atoms with van der Waals surface area (Å²) in [6, 6.07) is 0. The zero-order valence-electron chi connectivity index (χ0n) is 10.2. The van der Waals surface area contributed by atoms with E-state index in [2.05, 4.69) is 32.2 Å². The maximum absolute atomic E-state index is 4.53. The van der Waals surface area contributed by atoms with Crippen LogP contribution in [0.15, 0.2) is 0 Å². The maximum Gasteiger partial charge on any atom is 0.00245 e. The molecule has 0 saturated carbocycles. The number of rotatable bonds is 11. The van der Waals surface area contributed by atoms with Gasteiger partial charge < -0.3 is 0 Å². The molecule has 0 aliphatic rings. The van der Waals surface area contributed by atoms with E-state index in [-0.39, 0.29) is 0 Å². The summed E-state index contributed by atoms with van der Waals surface area (Å²) >= 11 is 8.75. The van der Waals surface area contributed by atoms with Crippen molar-refractivity contribution in [3.63, 3.8) is 0 Å². The minimum Gasteiger partial charge on any atom is -0.179 e. The SMILES string of the molecule is CCCCCCCCCCC(S)CCS. The third kappa shape index (κ3) is 12.6. The predicted octanol–water partition coefficient (Wildman–Crippen LogP) is 5.14. The molecule has 15 heavy (non-hydrogen) atoms. The van der Waals surface area contributed by atoms with Crippen LogP contribution < -0.4 is 0 Å². The van der Waals surface area contributed by atoms with Gasteiger partial charge in [-0.2, -0.15) is 25.3 Å². The van der Waals surface area contributed by atoms with E-state index in [1.807, 2.05) is 0 Å². The van der Waals surface area contributed by atoms with Crippen LogP contribution in [-0.4, -0.2) is 11.0 Å². The van der Waals surface area contributed by atoms with Crippen molar-refractivity contribution >= 4 is 25.3 Å². The Bertz CT molecular complexity index is 115. The molecule has 0 fully saturated rings. The molecule has 0 heterocycles. The van der Waals surface area contributed by atoms with E-state index in [0.29, 0.717) is 5.25 Å². The van der Waals surface area contributed by atoms with Crippen molar-refractivity contribution in [2.75, 3.05) is 5.75 Å². The van der Waals surface area contributed by atoms with Crippen molar-refractivity contribution in [3.8, 4) is 0 Å². The van der Waals surface area contributed by atoms with Crippen molar-refractivity contribution < 1.29 is 0 Å². The second kappa shape index (κ2) is 12.8. The molecule has 0 spiro atoms. The zero-order valence-corrected chi connectivity index (χ0v) is 12.0. The molecule has 0 aromatic carbocycles. The molecule has 0 radical (unpaired) electrons. The summed E-state index contributed by atoms with van der Waals surface area (Å²) in [5.41, 5.74) is 0. The number of hydrogen-bond acceptors (Lipinski definition) is 2. The molecule has 0 saturated heterocycles. The maximum atomic E-state index is 4.53. The van der Waals surface area contributed by atoms with E-state index < -0.39 is 0 Å². The number of hydrogen-bond donors (Lipinski definition) is 2. The summed E-state index contributed by atoms with van der Waals surface area (Å²) in [5, 5.41) is 0.586. The highest BCUT2D eigenvalue weighted by Crippen LogP contribution is 2.14. The minimum absolute atomic E-state index is 0.586. The van der Waals surface area contributed by atoms with Gasteiger partial charge in [0.2, 0.25) is 0 Å². The first-order chi connectivity index (χ1) is 7.31. The lowest BCUT2D eigenvalue weighted by atomic mass is 10.1. The van der Waals surface area contributed by atoms with Crippen LogP contribution in [0.25, 0.3) is 0 Å². The van der Waals surface area contributed by atoms with Crippen LogP contribution in [0, 0.1) is 0 Å². The summed E-state index contributed by atoms with van der Waals surface area (Å²) in [5.74, 6) is 0.977. The average molecular weight is 249 g/mol. The Morgan fingerprint density at radius 3 is 1.87 bits per heavy atom. The minimum atomic E-state index is 0.586. The molecule has 0 rings (SSSR count). The Hall–Kier alpha value is 0.700. The standard InChI is InChI=1S/C13H28S2/c1-2-3-4-5-6-7-8-9-10-13(15)11-12-14/h13-15H,2-12H2,1H3. The van der Waals surface area contributed by atoms with Crippen LogP contribution in [0.1, 0.15) is 71.1 Å². The first kappa shape index (κ1) is 15.7. The molecule has 2 heteroatoms. The first-order valence-corrected chi connectivity index (χ1v) is 7.75. The molecule has 92 valence electrons. The van der Waals surface area contributed by atoms with Crippen LogP contribution in [0.5, 0.6) is 0 Å². The van der Waals surface area contributed by atoms with Gasteiger partial charge in [-0.15, -0.1) is 0 Å². The van der Waals surface area contributed by atoms with Crippen LogP contribution >= 0.6 is 25.3 Å². The van der Waals surface area contributed by atoms with Gasteiger partial charge >= 0.3 is 0 Å². The third-order valence-corrected chi connectivity index (χ3v) is 3.63. The van der Waals surface area contributed by atoms with Gasteiger partial charge in [0.05, 0.1) is 0 Å². The van der Waals surface area contributed by atoms with Crippen molar-refractivity contribution in [3.05, 3.63) is 0 Å². The predicted molar refractivity (Wildman–Crippen MR) is 78.5 cm³/mol. The van der Waals surface area contributed by atoms with Crippen molar-refractivity contribution in [2.45, 2.75) is 76.4 Å². The van der Waals surface area contributed by atoms with Gasteiger partial charge in [0, 0.05) is 5.25 Å². The summed E-state index contributed by atoms with van der Waals surface area (Å²) in [6.45, 7) is 2.27.